The smallest absolute Gasteiger partial charge is 0.377 e. The van der Waals surface area contributed by atoms with Crippen molar-refractivity contribution >= 4 is 5.97 Å². The Morgan fingerprint density at radius 1 is 1.50 bits per heavy atom. The Morgan fingerprint density at radius 3 is 2.17 bits per heavy atom. The zero-order chi connectivity index (χ0) is 9.99. The Kier molecular flexibility index (Phi) is 3.15. The first kappa shape index (κ1) is 11.3. The molecular formula is C7H12F2O3. The summed E-state index contributed by atoms with van der Waals surface area (Å²) >= 11 is 0. The van der Waals surface area contributed by atoms with Crippen LogP contribution in [-0.4, -0.2) is 27.7 Å². The van der Waals surface area contributed by atoms with Gasteiger partial charge in [0.25, 0.3) is 0 Å². The van der Waals surface area contributed by atoms with E-state index in [0.29, 0.717) is 6.42 Å². The van der Waals surface area contributed by atoms with Crippen molar-refractivity contribution in [3.8, 4) is 0 Å². The molecule has 0 aliphatic carbocycles. The van der Waals surface area contributed by atoms with Crippen LogP contribution in [0.1, 0.15) is 26.7 Å². The fourth-order valence-corrected chi connectivity index (χ4v) is 0.874. The minimum atomic E-state index is -4.08. The first-order chi connectivity index (χ1) is 5.25. The summed E-state index contributed by atoms with van der Waals surface area (Å²) in [7, 11) is 0. The van der Waals surface area contributed by atoms with Crippen molar-refractivity contribution in [2.75, 3.05) is 0 Å². The molecule has 1 unspecified atom stereocenters. The molecule has 0 aromatic carbocycles. The second-order valence-electron chi connectivity index (χ2n) is 2.90. The molecule has 0 saturated heterocycles. The zero-order valence-electron chi connectivity index (χ0n) is 6.97. The fourth-order valence-electron chi connectivity index (χ4n) is 0.874. The van der Waals surface area contributed by atoms with Crippen LogP contribution in [0, 0.1) is 0 Å². The molecule has 12 heavy (non-hydrogen) atoms. The van der Waals surface area contributed by atoms with Gasteiger partial charge in [-0.15, -0.1) is 0 Å². The van der Waals surface area contributed by atoms with Gasteiger partial charge in [-0.3, -0.25) is 0 Å². The standard InChI is InChI=1S/C7H12F2O3/c1-3-4-6(2,12)7(8,9)5(10)11/h12H,3-4H2,1-2H3,(H,10,11). The number of aliphatic hydroxyl groups is 1. The van der Waals surface area contributed by atoms with Crippen molar-refractivity contribution in [1.29, 1.82) is 0 Å². The molecule has 0 fully saturated rings. The molecule has 5 heteroatoms. The van der Waals surface area contributed by atoms with E-state index in [0.717, 1.165) is 6.92 Å². The summed E-state index contributed by atoms with van der Waals surface area (Å²) in [5.41, 5.74) is -2.46. The van der Waals surface area contributed by atoms with Crippen LogP contribution in [0.3, 0.4) is 0 Å². The number of carboxylic acid groups (broad SMARTS) is 1. The van der Waals surface area contributed by atoms with Gasteiger partial charge in [0.05, 0.1) is 0 Å². The molecule has 0 amide bonds. The van der Waals surface area contributed by atoms with Gasteiger partial charge in [0.2, 0.25) is 0 Å². The maximum atomic E-state index is 12.7. The minimum absolute atomic E-state index is 0.244. The maximum absolute atomic E-state index is 12.7. The van der Waals surface area contributed by atoms with Crippen LogP contribution in [-0.2, 0) is 4.79 Å². The molecule has 3 nitrogen and oxygen atoms in total. The predicted molar refractivity (Wildman–Crippen MR) is 38.1 cm³/mol. The molecular weight excluding hydrogens is 170 g/mol. The van der Waals surface area contributed by atoms with Gasteiger partial charge in [-0.2, -0.15) is 8.78 Å². The Balaban J connectivity index is 4.62. The lowest BCUT2D eigenvalue weighted by Gasteiger charge is -2.28. The predicted octanol–water partition coefficient (Wildman–Crippen LogP) is 1.26. The molecule has 72 valence electrons. The number of halogens is 2. The zero-order valence-corrected chi connectivity index (χ0v) is 6.97. The fraction of sp³-hybridized carbons (Fsp3) is 0.857. The average molecular weight is 182 g/mol. The maximum Gasteiger partial charge on any atom is 0.377 e. The van der Waals surface area contributed by atoms with Gasteiger partial charge in [-0.05, 0) is 13.3 Å². The highest BCUT2D eigenvalue weighted by atomic mass is 19.3. The quantitative estimate of drug-likeness (QED) is 0.688. The van der Waals surface area contributed by atoms with E-state index in [1.54, 1.807) is 6.92 Å². The van der Waals surface area contributed by atoms with E-state index >= 15 is 0 Å². The second kappa shape index (κ2) is 3.35. The Hall–Kier alpha value is -0.710. The molecule has 2 N–H and O–H groups in total. The highest BCUT2D eigenvalue weighted by Gasteiger charge is 2.55. The van der Waals surface area contributed by atoms with Crippen LogP contribution in [0.2, 0.25) is 0 Å². The first-order valence-electron chi connectivity index (χ1n) is 3.59. The van der Waals surface area contributed by atoms with E-state index in [4.69, 9.17) is 10.2 Å². The molecule has 0 spiro atoms. The van der Waals surface area contributed by atoms with Gasteiger partial charge < -0.3 is 10.2 Å². The van der Waals surface area contributed by atoms with Crippen LogP contribution in [0.4, 0.5) is 8.78 Å². The Morgan fingerprint density at radius 2 is 1.92 bits per heavy atom. The third-order valence-corrected chi connectivity index (χ3v) is 1.68. The Bertz CT molecular complexity index is 177. The average Bonchev–Trinajstić information content (AvgIpc) is 1.86. The molecule has 0 bridgehead atoms. The van der Waals surface area contributed by atoms with Gasteiger partial charge in [-0.25, -0.2) is 4.79 Å². The van der Waals surface area contributed by atoms with Crippen LogP contribution < -0.4 is 0 Å². The number of hydrogen-bond acceptors (Lipinski definition) is 2. The number of rotatable bonds is 4. The highest BCUT2D eigenvalue weighted by molar-refractivity contribution is 5.76. The molecule has 0 aliphatic heterocycles. The molecule has 0 aromatic heterocycles. The summed E-state index contributed by atoms with van der Waals surface area (Å²) < 4.78 is 25.3. The summed E-state index contributed by atoms with van der Waals surface area (Å²) in [5, 5.41) is 17.2. The third-order valence-electron chi connectivity index (χ3n) is 1.68. The van der Waals surface area contributed by atoms with Crippen LogP contribution in [0.5, 0.6) is 0 Å². The van der Waals surface area contributed by atoms with Gasteiger partial charge in [-0.1, -0.05) is 13.3 Å². The first-order valence-corrected chi connectivity index (χ1v) is 3.59. The molecule has 0 heterocycles. The Labute approximate surface area is 69.0 Å². The summed E-state index contributed by atoms with van der Waals surface area (Å²) in [6, 6.07) is 0. The molecule has 0 aromatic rings. The summed E-state index contributed by atoms with van der Waals surface area (Å²) in [6.07, 6.45) is 0.0577. The third kappa shape index (κ3) is 1.91. The van der Waals surface area contributed by atoms with Crippen molar-refractivity contribution in [3.63, 3.8) is 0 Å². The second-order valence-corrected chi connectivity index (χ2v) is 2.90. The molecule has 1 atom stereocenters. The van der Waals surface area contributed by atoms with Crippen molar-refractivity contribution in [1.82, 2.24) is 0 Å². The van der Waals surface area contributed by atoms with Crippen molar-refractivity contribution in [2.24, 2.45) is 0 Å². The summed E-state index contributed by atoms with van der Waals surface area (Å²) in [5.74, 6) is -6.37. The van der Waals surface area contributed by atoms with Crippen molar-refractivity contribution < 1.29 is 23.8 Å². The summed E-state index contributed by atoms with van der Waals surface area (Å²) in [6.45, 7) is 2.41. The van der Waals surface area contributed by atoms with Crippen LogP contribution in [0.15, 0.2) is 0 Å². The van der Waals surface area contributed by atoms with E-state index in [-0.39, 0.29) is 6.42 Å². The molecule has 0 aliphatic rings. The number of carboxylic acids is 1. The highest BCUT2D eigenvalue weighted by Crippen LogP contribution is 2.32. The normalized spacial score (nSPS) is 17.1. The number of hydrogen-bond donors (Lipinski definition) is 2. The van der Waals surface area contributed by atoms with E-state index in [2.05, 4.69) is 0 Å². The number of aliphatic carboxylic acids is 1. The lowest BCUT2D eigenvalue weighted by Crippen LogP contribution is -2.51. The summed E-state index contributed by atoms with van der Waals surface area (Å²) in [4.78, 5) is 10.0. The van der Waals surface area contributed by atoms with Crippen LogP contribution >= 0.6 is 0 Å². The SMILES string of the molecule is CCCC(C)(O)C(F)(F)C(=O)O. The van der Waals surface area contributed by atoms with Gasteiger partial charge in [0, 0.05) is 0 Å². The van der Waals surface area contributed by atoms with Crippen LogP contribution in [0.25, 0.3) is 0 Å². The monoisotopic (exact) mass is 182 g/mol. The van der Waals surface area contributed by atoms with E-state index in [1.165, 1.54) is 0 Å². The largest absolute Gasteiger partial charge is 0.477 e. The van der Waals surface area contributed by atoms with Crippen molar-refractivity contribution in [2.45, 2.75) is 38.2 Å². The number of alkyl halides is 2. The lowest BCUT2D eigenvalue weighted by atomic mass is 9.93. The van der Waals surface area contributed by atoms with E-state index < -0.39 is 17.5 Å². The van der Waals surface area contributed by atoms with Gasteiger partial charge in [0.15, 0.2) is 0 Å². The van der Waals surface area contributed by atoms with E-state index in [1.807, 2.05) is 0 Å². The number of carbonyl (C=O) groups is 1. The molecule has 0 rings (SSSR count). The topological polar surface area (TPSA) is 57.5 Å². The molecule has 0 radical (unpaired) electrons. The van der Waals surface area contributed by atoms with E-state index in [9.17, 15) is 13.6 Å². The van der Waals surface area contributed by atoms with Crippen molar-refractivity contribution in [3.05, 3.63) is 0 Å². The molecule has 0 saturated carbocycles. The van der Waals surface area contributed by atoms with Gasteiger partial charge in [0.1, 0.15) is 5.60 Å². The minimum Gasteiger partial charge on any atom is -0.477 e. The lowest BCUT2D eigenvalue weighted by molar-refractivity contribution is -0.205. The van der Waals surface area contributed by atoms with Gasteiger partial charge >= 0.3 is 11.9 Å².